The summed E-state index contributed by atoms with van der Waals surface area (Å²) in [7, 11) is 3.18. The molecule has 0 aromatic heterocycles. The second kappa shape index (κ2) is 14.1. The number of carboxylic acids is 1. The van der Waals surface area contributed by atoms with Crippen molar-refractivity contribution in [2.75, 3.05) is 52.8 Å². The fourth-order valence-electron chi connectivity index (χ4n) is 6.66. The summed E-state index contributed by atoms with van der Waals surface area (Å²) in [5, 5.41) is 9.41. The highest BCUT2D eigenvalue weighted by molar-refractivity contribution is 7.93. The number of rotatable bonds is 12. The summed E-state index contributed by atoms with van der Waals surface area (Å²) >= 11 is 6.64. The molecule has 5 rings (SSSR count). The van der Waals surface area contributed by atoms with Gasteiger partial charge in [0.2, 0.25) is 5.91 Å². The van der Waals surface area contributed by atoms with Crippen LogP contribution in [0.25, 0.3) is 0 Å². The van der Waals surface area contributed by atoms with Crippen LogP contribution in [0.2, 0.25) is 5.02 Å². The van der Waals surface area contributed by atoms with Crippen molar-refractivity contribution in [1.29, 1.82) is 0 Å². The highest BCUT2D eigenvalue weighted by Gasteiger charge is 2.58. The van der Waals surface area contributed by atoms with Crippen LogP contribution in [0, 0.1) is 0 Å². The van der Waals surface area contributed by atoms with Crippen molar-refractivity contribution in [1.82, 2.24) is 9.80 Å². The molecular formula is C34H38ClN3O10S. The smallest absolute Gasteiger partial charge is 0.306 e. The van der Waals surface area contributed by atoms with Crippen LogP contribution in [0.15, 0.2) is 65.6 Å². The molecule has 2 aliphatic heterocycles. The van der Waals surface area contributed by atoms with Crippen LogP contribution in [0.5, 0.6) is 17.2 Å². The fraction of sp³-hybridized carbons (Fsp3) is 0.382. The summed E-state index contributed by atoms with van der Waals surface area (Å²) < 4.78 is 53.1. The number of anilines is 1. The first-order valence-electron chi connectivity index (χ1n) is 15.4. The van der Waals surface area contributed by atoms with E-state index in [2.05, 4.69) is 0 Å². The maximum Gasteiger partial charge on any atom is 0.306 e. The highest BCUT2D eigenvalue weighted by Crippen LogP contribution is 2.54. The molecule has 15 heteroatoms. The third-order valence-electron chi connectivity index (χ3n) is 8.86. The summed E-state index contributed by atoms with van der Waals surface area (Å²) in [6, 6.07) is 15.5. The molecule has 1 amide bonds. The number of esters is 1. The summed E-state index contributed by atoms with van der Waals surface area (Å²) in [5.74, 6) is -1.27. The molecule has 49 heavy (non-hydrogen) atoms. The van der Waals surface area contributed by atoms with Crippen LogP contribution < -0.4 is 18.5 Å². The van der Waals surface area contributed by atoms with Gasteiger partial charge in [0.1, 0.15) is 28.2 Å². The lowest BCUT2D eigenvalue weighted by Crippen LogP contribution is -2.56. The van der Waals surface area contributed by atoms with Gasteiger partial charge in [0, 0.05) is 49.3 Å². The van der Waals surface area contributed by atoms with Crippen LogP contribution in [0.1, 0.15) is 30.4 Å². The van der Waals surface area contributed by atoms with Gasteiger partial charge in [-0.1, -0.05) is 29.8 Å². The summed E-state index contributed by atoms with van der Waals surface area (Å²) in [6.45, 7) is -0.218. The Hall–Kier alpha value is -4.53. The molecule has 3 atom stereocenters. The molecule has 0 unspecified atom stereocenters. The molecule has 0 aliphatic carbocycles. The van der Waals surface area contributed by atoms with Crippen molar-refractivity contribution in [2.24, 2.45) is 0 Å². The lowest BCUT2D eigenvalue weighted by atomic mass is 9.81. The molecule has 0 radical (unpaired) electrons. The first-order valence-corrected chi connectivity index (χ1v) is 17.2. The molecule has 2 heterocycles. The van der Waals surface area contributed by atoms with Crippen LogP contribution in [0.3, 0.4) is 0 Å². The van der Waals surface area contributed by atoms with Gasteiger partial charge in [-0.15, -0.1) is 0 Å². The van der Waals surface area contributed by atoms with Gasteiger partial charge >= 0.3 is 11.9 Å². The molecule has 0 saturated carbocycles. The van der Waals surface area contributed by atoms with E-state index in [1.54, 1.807) is 56.6 Å². The van der Waals surface area contributed by atoms with Crippen molar-refractivity contribution in [3.63, 3.8) is 0 Å². The Morgan fingerprint density at radius 1 is 0.939 bits per heavy atom. The van der Waals surface area contributed by atoms with Gasteiger partial charge in [0.15, 0.2) is 0 Å². The zero-order valence-electron chi connectivity index (χ0n) is 27.7. The zero-order chi connectivity index (χ0) is 35.7. The maximum atomic E-state index is 14.7. The first-order chi connectivity index (χ1) is 23.3. The second-order valence-corrected chi connectivity index (χ2v) is 14.2. The molecule has 2 aliphatic rings. The van der Waals surface area contributed by atoms with Crippen molar-refractivity contribution in [3.8, 4) is 17.2 Å². The number of carboxylic acid groups (broad SMARTS) is 1. The van der Waals surface area contributed by atoms with Crippen molar-refractivity contribution >= 4 is 45.2 Å². The van der Waals surface area contributed by atoms with E-state index in [0.29, 0.717) is 33.3 Å². The molecule has 1 saturated heterocycles. The predicted molar refractivity (Wildman–Crippen MR) is 180 cm³/mol. The molecule has 3 aromatic rings. The van der Waals surface area contributed by atoms with Gasteiger partial charge in [-0.25, -0.2) is 8.42 Å². The number of methoxy groups -OCH3 is 3. The van der Waals surface area contributed by atoms with E-state index in [1.807, 2.05) is 4.90 Å². The van der Waals surface area contributed by atoms with Gasteiger partial charge in [-0.2, -0.15) is 0 Å². The van der Waals surface area contributed by atoms with Crippen molar-refractivity contribution in [2.45, 2.75) is 41.8 Å². The number of hydrogen-bond donors (Lipinski definition) is 1. The van der Waals surface area contributed by atoms with Gasteiger partial charge in [0.25, 0.3) is 10.0 Å². The Morgan fingerprint density at radius 3 is 2.31 bits per heavy atom. The topological polar surface area (TPSA) is 152 Å². The average Bonchev–Trinajstić information content (AvgIpc) is 3.66. The van der Waals surface area contributed by atoms with E-state index < -0.39 is 46.1 Å². The Balaban J connectivity index is 1.74. The first kappa shape index (κ1) is 35.8. The van der Waals surface area contributed by atoms with E-state index in [1.165, 1.54) is 48.7 Å². The van der Waals surface area contributed by atoms with Crippen LogP contribution in [-0.2, 0) is 34.7 Å². The van der Waals surface area contributed by atoms with E-state index in [4.69, 9.17) is 35.7 Å². The number of halogens is 1. The van der Waals surface area contributed by atoms with E-state index in [0.717, 1.165) is 0 Å². The lowest BCUT2D eigenvalue weighted by Gasteiger charge is -2.43. The number of nitrogens with zero attached hydrogens (tertiary/aromatic N) is 3. The normalized spacial score (nSPS) is 20.4. The molecular weight excluding hydrogens is 678 g/mol. The Bertz CT molecular complexity index is 1870. The zero-order valence-corrected chi connectivity index (χ0v) is 29.3. The van der Waals surface area contributed by atoms with Gasteiger partial charge < -0.3 is 29.0 Å². The molecule has 0 spiro atoms. The number of benzene rings is 3. The average molecular weight is 716 g/mol. The third-order valence-corrected chi connectivity index (χ3v) is 10.9. The van der Waals surface area contributed by atoms with Gasteiger partial charge in [-0.3, -0.25) is 23.6 Å². The van der Waals surface area contributed by atoms with E-state index >= 15 is 0 Å². The third kappa shape index (κ3) is 6.59. The molecule has 13 nitrogen and oxygen atoms in total. The van der Waals surface area contributed by atoms with Crippen LogP contribution in [0.4, 0.5) is 5.69 Å². The minimum Gasteiger partial charge on any atom is -0.497 e. The largest absolute Gasteiger partial charge is 0.497 e. The molecule has 0 bridgehead atoms. The standard InChI is InChI=1S/C34H38ClN3O10S/c1-36(2)33(42)27-17-23(48-32(41)15-14-31(39)40)19-37(27)34(24-8-6-7-9-28(24)46-4)20-38(26-12-10-21(35)16-25(26)34)49(43,44)30-13-11-22(45-3)18-29(30)47-5/h6-13,16,18,23,27H,14-15,17,19-20H2,1-5H3,(H,39,40)/t23-,27+,34+/m1/s1. The highest BCUT2D eigenvalue weighted by atomic mass is 35.5. The van der Waals surface area contributed by atoms with Crippen molar-refractivity contribution in [3.05, 3.63) is 76.8 Å². The minimum atomic E-state index is -4.36. The quantitative estimate of drug-likeness (QED) is 0.273. The minimum absolute atomic E-state index is 0.00675. The Morgan fingerprint density at radius 2 is 1.65 bits per heavy atom. The number of carbonyl (C=O) groups is 3. The molecule has 3 aromatic carbocycles. The Kier molecular flexibility index (Phi) is 10.3. The number of carbonyl (C=O) groups excluding carboxylic acids is 2. The monoisotopic (exact) mass is 715 g/mol. The number of aliphatic carboxylic acids is 1. The van der Waals surface area contributed by atoms with E-state index in [9.17, 15) is 22.8 Å². The van der Waals surface area contributed by atoms with Crippen LogP contribution >= 0.6 is 11.6 Å². The number of amides is 1. The second-order valence-electron chi connectivity index (χ2n) is 11.9. The maximum absolute atomic E-state index is 14.7. The number of sulfonamides is 1. The van der Waals surface area contributed by atoms with E-state index in [-0.39, 0.29) is 42.5 Å². The lowest BCUT2D eigenvalue weighted by molar-refractivity contribution is -0.151. The molecule has 262 valence electrons. The fourth-order valence-corrected chi connectivity index (χ4v) is 8.48. The summed E-state index contributed by atoms with van der Waals surface area (Å²) in [4.78, 5) is 41.0. The number of para-hydroxylation sites is 1. The van der Waals surface area contributed by atoms with Gasteiger partial charge in [-0.05, 0) is 36.4 Å². The SMILES string of the molecule is COc1ccc(S(=O)(=O)N2C[C@@](c3ccccc3OC)(N3C[C@H](OC(=O)CCC(=O)O)C[C@H]3C(=O)N(C)C)c3cc(Cl)ccc32)c(OC)c1. The summed E-state index contributed by atoms with van der Waals surface area (Å²) in [5.41, 5.74) is -0.0611. The van der Waals surface area contributed by atoms with Crippen molar-refractivity contribution < 1.29 is 46.9 Å². The predicted octanol–water partition coefficient (Wildman–Crippen LogP) is 3.76. The number of hydrogen-bond acceptors (Lipinski definition) is 10. The molecule has 1 N–H and O–H groups in total. The molecule has 1 fully saturated rings. The number of fused-ring (bicyclic) bond motifs is 1. The summed E-state index contributed by atoms with van der Waals surface area (Å²) in [6.07, 6.45) is -1.50. The number of likely N-dealkylation sites (tertiary alicyclic amines) is 1. The van der Waals surface area contributed by atoms with Gasteiger partial charge in [0.05, 0.1) is 58.0 Å². The van der Waals surface area contributed by atoms with Crippen LogP contribution in [-0.4, -0.2) is 102 Å². The number of likely N-dealkylation sites (N-methyl/N-ethyl adjacent to an activating group) is 1. The Labute approximate surface area is 289 Å². The number of ether oxygens (including phenoxy) is 4.